The third kappa shape index (κ3) is 3.33. The first-order valence-electron chi connectivity index (χ1n) is 4.90. The molecule has 0 bridgehead atoms. The van der Waals surface area contributed by atoms with Crippen LogP contribution in [0.1, 0.15) is 19.4 Å². The zero-order valence-electron chi connectivity index (χ0n) is 8.93. The van der Waals surface area contributed by atoms with Crippen LogP contribution in [0.2, 0.25) is 5.02 Å². The average Bonchev–Trinajstić information content (AvgIpc) is 2.19. The molecule has 0 aliphatic heterocycles. The Kier molecular flexibility index (Phi) is 4.30. The maximum absolute atomic E-state index is 12.9. The van der Waals surface area contributed by atoms with E-state index in [2.05, 4.69) is 13.8 Å². The van der Waals surface area contributed by atoms with E-state index in [1.165, 1.54) is 6.07 Å². The minimum absolute atomic E-state index is 0.142. The first-order chi connectivity index (χ1) is 7.04. The summed E-state index contributed by atoms with van der Waals surface area (Å²) < 4.78 is 12.9. The van der Waals surface area contributed by atoms with Crippen LogP contribution in [0.3, 0.4) is 0 Å². The summed E-state index contributed by atoms with van der Waals surface area (Å²) in [5, 5.41) is 0.142. The lowest BCUT2D eigenvalue weighted by Gasteiger charge is -2.08. The maximum Gasteiger partial charge on any atom is 0.141 e. The Morgan fingerprint density at radius 2 is 2.20 bits per heavy atom. The lowest BCUT2D eigenvalue weighted by molar-refractivity contribution is 0.628. The number of halogens is 2. The highest BCUT2D eigenvalue weighted by Gasteiger charge is 2.03. The molecule has 0 unspecified atom stereocenters. The van der Waals surface area contributed by atoms with E-state index in [1.807, 2.05) is 6.08 Å². The fraction of sp³-hybridized carbons (Fsp3) is 0.333. The molecule has 3 heteroatoms. The van der Waals surface area contributed by atoms with Gasteiger partial charge in [-0.25, -0.2) is 4.39 Å². The molecule has 0 fully saturated rings. The Hall–Kier alpha value is -0.860. The summed E-state index contributed by atoms with van der Waals surface area (Å²) in [6.07, 6.45) is 1.95. The quantitative estimate of drug-likeness (QED) is 0.841. The van der Waals surface area contributed by atoms with Gasteiger partial charge in [0, 0.05) is 6.54 Å². The smallest absolute Gasteiger partial charge is 0.141 e. The molecule has 0 saturated heterocycles. The van der Waals surface area contributed by atoms with Crippen LogP contribution in [0.25, 0.3) is 6.08 Å². The molecule has 82 valence electrons. The van der Waals surface area contributed by atoms with Gasteiger partial charge in [-0.05, 0) is 23.6 Å². The van der Waals surface area contributed by atoms with Gasteiger partial charge in [-0.1, -0.05) is 43.2 Å². The molecule has 1 aromatic carbocycles. The molecule has 1 nitrogen and oxygen atoms in total. The Labute approximate surface area is 94.7 Å². The van der Waals surface area contributed by atoms with Crippen LogP contribution >= 0.6 is 11.6 Å². The van der Waals surface area contributed by atoms with E-state index in [9.17, 15) is 4.39 Å². The van der Waals surface area contributed by atoms with Crippen molar-refractivity contribution >= 4 is 17.7 Å². The van der Waals surface area contributed by atoms with Crippen LogP contribution in [-0.2, 0) is 0 Å². The monoisotopic (exact) mass is 227 g/mol. The second-order valence-corrected chi connectivity index (χ2v) is 4.16. The lowest BCUT2D eigenvalue weighted by Crippen LogP contribution is -2.08. The van der Waals surface area contributed by atoms with Crippen molar-refractivity contribution in [1.29, 1.82) is 0 Å². The summed E-state index contributed by atoms with van der Waals surface area (Å²) in [6.45, 7) is 4.65. The molecule has 0 spiro atoms. The topological polar surface area (TPSA) is 26.0 Å². The van der Waals surface area contributed by atoms with Crippen molar-refractivity contribution in [3.63, 3.8) is 0 Å². The first kappa shape index (κ1) is 12.2. The SMILES string of the molecule is CC(C)/C(=C/c1ccc(F)c(Cl)c1)CN. The molecule has 0 radical (unpaired) electrons. The Morgan fingerprint density at radius 3 is 2.67 bits per heavy atom. The molecule has 0 atom stereocenters. The van der Waals surface area contributed by atoms with Crippen LogP contribution in [0.5, 0.6) is 0 Å². The summed E-state index contributed by atoms with van der Waals surface area (Å²) in [6, 6.07) is 4.66. The van der Waals surface area contributed by atoms with E-state index in [1.54, 1.807) is 12.1 Å². The van der Waals surface area contributed by atoms with Crippen LogP contribution < -0.4 is 5.73 Å². The van der Waals surface area contributed by atoms with Crippen LogP contribution in [-0.4, -0.2) is 6.54 Å². The van der Waals surface area contributed by atoms with Gasteiger partial charge >= 0.3 is 0 Å². The molecule has 1 rings (SSSR count). The number of rotatable bonds is 3. The average molecular weight is 228 g/mol. The van der Waals surface area contributed by atoms with Crippen molar-refractivity contribution in [3.8, 4) is 0 Å². The first-order valence-corrected chi connectivity index (χ1v) is 5.28. The standard InChI is InChI=1S/C12H15ClFN/c1-8(2)10(7-15)5-9-3-4-12(14)11(13)6-9/h3-6,8H,7,15H2,1-2H3/b10-5+. The zero-order valence-corrected chi connectivity index (χ0v) is 9.68. The normalized spacial score (nSPS) is 12.3. The van der Waals surface area contributed by atoms with Gasteiger partial charge in [-0.2, -0.15) is 0 Å². The van der Waals surface area contributed by atoms with Gasteiger partial charge in [0.2, 0.25) is 0 Å². The number of hydrogen-bond acceptors (Lipinski definition) is 1. The molecule has 0 heterocycles. The van der Waals surface area contributed by atoms with E-state index in [0.29, 0.717) is 12.5 Å². The molecule has 15 heavy (non-hydrogen) atoms. The van der Waals surface area contributed by atoms with Gasteiger partial charge in [0.15, 0.2) is 0 Å². The molecule has 0 saturated carbocycles. The Morgan fingerprint density at radius 1 is 1.53 bits per heavy atom. The number of nitrogens with two attached hydrogens (primary N) is 1. The van der Waals surface area contributed by atoms with Crippen molar-refractivity contribution in [3.05, 3.63) is 40.2 Å². The molecule has 0 aromatic heterocycles. The predicted octanol–water partition coefficient (Wildman–Crippen LogP) is 3.48. The van der Waals surface area contributed by atoms with Gasteiger partial charge in [0.05, 0.1) is 5.02 Å². The largest absolute Gasteiger partial charge is 0.327 e. The number of benzene rings is 1. The molecular formula is C12H15ClFN. The van der Waals surface area contributed by atoms with Crippen LogP contribution in [0.4, 0.5) is 4.39 Å². The Balaban J connectivity index is 3.01. The molecule has 0 aliphatic carbocycles. The molecule has 0 amide bonds. The van der Waals surface area contributed by atoms with Crippen LogP contribution in [0.15, 0.2) is 23.8 Å². The van der Waals surface area contributed by atoms with Gasteiger partial charge < -0.3 is 5.73 Å². The summed E-state index contributed by atoms with van der Waals surface area (Å²) in [4.78, 5) is 0. The summed E-state index contributed by atoms with van der Waals surface area (Å²) >= 11 is 5.68. The highest BCUT2D eigenvalue weighted by molar-refractivity contribution is 6.30. The van der Waals surface area contributed by atoms with Gasteiger partial charge in [-0.3, -0.25) is 0 Å². The second-order valence-electron chi connectivity index (χ2n) is 3.75. The Bertz CT molecular complexity index is 372. The molecule has 2 N–H and O–H groups in total. The number of hydrogen-bond donors (Lipinski definition) is 1. The highest BCUT2D eigenvalue weighted by Crippen LogP contribution is 2.19. The van der Waals surface area contributed by atoms with E-state index < -0.39 is 5.82 Å². The molecule has 1 aromatic rings. The predicted molar refractivity (Wildman–Crippen MR) is 63.3 cm³/mol. The third-order valence-corrected chi connectivity index (χ3v) is 2.56. The van der Waals surface area contributed by atoms with Crippen molar-refractivity contribution < 1.29 is 4.39 Å². The molecule has 0 aliphatic rings. The van der Waals surface area contributed by atoms with Gasteiger partial charge in [0.1, 0.15) is 5.82 Å². The fourth-order valence-electron chi connectivity index (χ4n) is 1.28. The van der Waals surface area contributed by atoms with Crippen molar-refractivity contribution in [2.75, 3.05) is 6.54 Å². The van der Waals surface area contributed by atoms with Crippen molar-refractivity contribution in [1.82, 2.24) is 0 Å². The molecular weight excluding hydrogens is 213 g/mol. The van der Waals surface area contributed by atoms with Gasteiger partial charge in [0.25, 0.3) is 0 Å². The lowest BCUT2D eigenvalue weighted by atomic mass is 10.0. The maximum atomic E-state index is 12.9. The zero-order chi connectivity index (χ0) is 11.4. The highest BCUT2D eigenvalue weighted by atomic mass is 35.5. The van der Waals surface area contributed by atoms with Crippen molar-refractivity contribution in [2.45, 2.75) is 13.8 Å². The van der Waals surface area contributed by atoms with Crippen LogP contribution in [0, 0.1) is 11.7 Å². The minimum Gasteiger partial charge on any atom is -0.327 e. The second kappa shape index (κ2) is 5.29. The van der Waals surface area contributed by atoms with E-state index in [0.717, 1.165) is 11.1 Å². The fourth-order valence-corrected chi connectivity index (χ4v) is 1.47. The van der Waals surface area contributed by atoms with E-state index >= 15 is 0 Å². The summed E-state index contributed by atoms with van der Waals surface area (Å²) in [5.74, 6) is -0.00788. The van der Waals surface area contributed by atoms with E-state index in [4.69, 9.17) is 17.3 Å². The summed E-state index contributed by atoms with van der Waals surface area (Å²) in [7, 11) is 0. The van der Waals surface area contributed by atoms with Gasteiger partial charge in [-0.15, -0.1) is 0 Å². The third-order valence-electron chi connectivity index (χ3n) is 2.27. The minimum atomic E-state index is -0.396. The van der Waals surface area contributed by atoms with E-state index in [-0.39, 0.29) is 5.02 Å². The van der Waals surface area contributed by atoms with Crippen molar-refractivity contribution in [2.24, 2.45) is 11.7 Å². The summed E-state index contributed by atoms with van der Waals surface area (Å²) in [5.41, 5.74) is 7.62.